The third kappa shape index (κ3) is 6.02. The first-order valence-corrected chi connectivity index (χ1v) is 6.09. The van der Waals surface area contributed by atoms with E-state index in [1.807, 2.05) is 0 Å². The summed E-state index contributed by atoms with van der Waals surface area (Å²) in [6.45, 7) is 4.87. The minimum atomic E-state index is -0.655. The third-order valence-corrected chi connectivity index (χ3v) is 2.88. The van der Waals surface area contributed by atoms with Crippen molar-refractivity contribution in [3.63, 3.8) is 0 Å². The molecule has 1 unspecified atom stereocenters. The van der Waals surface area contributed by atoms with E-state index in [0.29, 0.717) is 12.8 Å². The zero-order chi connectivity index (χ0) is 15.1. The number of hydrogen-bond donors (Lipinski definition) is 0. The Morgan fingerprint density at radius 2 is 1.63 bits per heavy atom. The maximum Gasteiger partial charge on any atom is 0.311 e. The molecule has 6 heteroatoms. The molecule has 0 aromatic rings. The summed E-state index contributed by atoms with van der Waals surface area (Å²) in [6.07, 6.45) is -0.289. The molecule has 0 heterocycles. The summed E-state index contributed by atoms with van der Waals surface area (Å²) in [5.41, 5.74) is -0.654. The molecule has 0 saturated heterocycles. The molecular formula is C13H24O6. The maximum atomic E-state index is 11.6. The monoisotopic (exact) mass is 276 g/mol. The van der Waals surface area contributed by atoms with Crippen molar-refractivity contribution in [3.05, 3.63) is 0 Å². The first-order chi connectivity index (χ1) is 8.78. The van der Waals surface area contributed by atoms with Crippen LogP contribution in [0.3, 0.4) is 0 Å². The maximum absolute atomic E-state index is 11.6. The molecule has 0 bridgehead atoms. The van der Waals surface area contributed by atoms with Gasteiger partial charge in [0, 0.05) is 21.1 Å². The Bertz CT molecular complexity index is 296. The van der Waals surface area contributed by atoms with Crippen molar-refractivity contribution in [2.75, 3.05) is 21.3 Å². The number of methoxy groups -OCH3 is 3. The van der Waals surface area contributed by atoms with Crippen molar-refractivity contribution in [1.82, 2.24) is 0 Å². The molecule has 112 valence electrons. The Balaban J connectivity index is 4.65. The van der Waals surface area contributed by atoms with Gasteiger partial charge in [-0.05, 0) is 26.7 Å². The average Bonchev–Trinajstić information content (AvgIpc) is 2.35. The molecule has 19 heavy (non-hydrogen) atoms. The van der Waals surface area contributed by atoms with Gasteiger partial charge >= 0.3 is 11.9 Å². The van der Waals surface area contributed by atoms with Gasteiger partial charge in [0.2, 0.25) is 0 Å². The average molecular weight is 276 g/mol. The van der Waals surface area contributed by atoms with E-state index in [4.69, 9.17) is 18.9 Å². The third-order valence-electron chi connectivity index (χ3n) is 2.88. The van der Waals surface area contributed by atoms with E-state index in [9.17, 15) is 9.59 Å². The molecule has 0 aromatic carbocycles. The Kier molecular flexibility index (Phi) is 7.63. The molecule has 1 atom stereocenters. The highest BCUT2D eigenvalue weighted by Crippen LogP contribution is 2.26. The van der Waals surface area contributed by atoms with E-state index in [0.717, 1.165) is 0 Å². The molecule has 0 aliphatic rings. The highest BCUT2D eigenvalue weighted by atomic mass is 16.7. The molecule has 6 nitrogen and oxygen atoms in total. The van der Waals surface area contributed by atoms with Crippen LogP contribution in [0.15, 0.2) is 0 Å². The predicted octanol–water partition coefficient (Wildman–Crippen LogP) is 1.52. The topological polar surface area (TPSA) is 71.1 Å². The zero-order valence-electron chi connectivity index (χ0n) is 12.5. The molecule has 0 aliphatic carbocycles. The molecule has 0 fully saturated rings. The van der Waals surface area contributed by atoms with Crippen molar-refractivity contribution < 1.29 is 28.5 Å². The summed E-state index contributed by atoms with van der Waals surface area (Å²) in [5, 5.41) is 0. The SMILES string of the molecule is COC(=O)C(C)(C)CCC(OC(C)=O)C(OC)OC. The minimum Gasteiger partial charge on any atom is -0.469 e. The Morgan fingerprint density at radius 3 is 2.00 bits per heavy atom. The Hall–Kier alpha value is -1.14. The van der Waals surface area contributed by atoms with Crippen LogP contribution >= 0.6 is 0 Å². The summed E-state index contributed by atoms with van der Waals surface area (Å²) in [4.78, 5) is 22.7. The lowest BCUT2D eigenvalue weighted by Crippen LogP contribution is -2.36. The highest BCUT2D eigenvalue weighted by molar-refractivity contribution is 5.75. The van der Waals surface area contributed by atoms with Gasteiger partial charge in [0.15, 0.2) is 12.4 Å². The summed E-state index contributed by atoms with van der Waals surface area (Å²) >= 11 is 0. The molecular weight excluding hydrogens is 252 g/mol. The number of rotatable bonds is 8. The standard InChI is InChI=1S/C13H24O6/c1-9(14)19-10(11(16-4)17-5)7-8-13(2,3)12(15)18-6/h10-11H,7-8H2,1-6H3. The van der Waals surface area contributed by atoms with Crippen molar-refractivity contribution in [2.24, 2.45) is 5.41 Å². The quantitative estimate of drug-likeness (QED) is 0.494. The van der Waals surface area contributed by atoms with E-state index >= 15 is 0 Å². The Labute approximate surface area is 114 Å². The fourth-order valence-corrected chi connectivity index (χ4v) is 1.74. The molecule has 0 amide bonds. The van der Waals surface area contributed by atoms with Gasteiger partial charge < -0.3 is 18.9 Å². The van der Waals surface area contributed by atoms with Crippen molar-refractivity contribution >= 4 is 11.9 Å². The fraction of sp³-hybridized carbons (Fsp3) is 0.846. The summed E-state index contributed by atoms with van der Waals surface area (Å²) < 4.78 is 20.1. The number of hydrogen-bond acceptors (Lipinski definition) is 6. The van der Waals surface area contributed by atoms with Gasteiger partial charge in [-0.25, -0.2) is 0 Å². The summed E-state index contributed by atoms with van der Waals surface area (Å²) in [6, 6.07) is 0. The molecule has 0 radical (unpaired) electrons. The second-order valence-electron chi connectivity index (χ2n) is 4.90. The van der Waals surface area contributed by atoms with Gasteiger partial charge in [-0.15, -0.1) is 0 Å². The van der Waals surface area contributed by atoms with Crippen molar-refractivity contribution in [3.8, 4) is 0 Å². The normalized spacial score (nSPS) is 13.2. The number of esters is 2. The Morgan fingerprint density at radius 1 is 1.11 bits per heavy atom. The summed E-state index contributed by atoms with van der Waals surface area (Å²) in [5.74, 6) is -0.722. The second kappa shape index (κ2) is 8.12. The minimum absolute atomic E-state index is 0.305. The van der Waals surface area contributed by atoms with Crippen LogP contribution in [-0.2, 0) is 28.5 Å². The van der Waals surface area contributed by atoms with Gasteiger partial charge in [-0.2, -0.15) is 0 Å². The highest BCUT2D eigenvalue weighted by Gasteiger charge is 2.32. The molecule has 0 N–H and O–H groups in total. The first kappa shape index (κ1) is 17.9. The lowest BCUT2D eigenvalue weighted by Gasteiger charge is -2.28. The van der Waals surface area contributed by atoms with Crippen LogP contribution < -0.4 is 0 Å². The van der Waals surface area contributed by atoms with Gasteiger partial charge in [0.1, 0.15) is 0 Å². The number of carbonyl (C=O) groups excluding carboxylic acids is 2. The van der Waals surface area contributed by atoms with E-state index in [1.54, 1.807) is 13.8 Å². The first-order valence-electron chi connectivity index (χ1n) is 6.09. The largest absolute Gasteiger partial charge is 0.469 e. The van der Waals surface area contributed by atoms with Gasteiger partial charge in [0.25, 0.3) is 0 Å². The van der Waals surface area contributed by atoms with Crippen LogP contribution in [0, 0.1) is 5.41 Å². The smallest absolute Gasteiger partial charge is 0.311 e. The molecule has 0 spiro atoms. The van der Waals surface area contributed by atoms with Crippen LogP contribution in [-0.4, -0.2) is 45.7 Å². The molecule has 0 saturated carbocycles. The van der Waals surface area contributed by atoms with Crippen LogP contribution in [0.4, 0.5) is 0 Å². The lowest BCUT2D eigenvalue weighted by atomic mass is 9.86. The molecule has 0 aromatic heterocycles. The number of ether oxygens (including phenoxy) is 4. The van der Waals surface area contributed by atoms with Crippen molar-refractivity contribution in [1.29, 1.82) is 0 Å². The van der Waals surface area contributed by atoms with Crippen LogP contribution in [0.5, 0.6) is 0 Å². The summed E-state index contributed by atoms with van der Waals surface area (Å²) in [7, 11) is 4.28. The van der Waals surface area contributed by atoms with E-state index in [1.165, 1.54) is 28.3 Å². The van der Waals surface area contributed by atoms with Crippen molar-refractivity contribution in [2.45, 2.75) is 46.0 Å². The van der Waals surface area contributed by atoms with Crippen LogP contribution in [0.1, 0.15) is 33.6 Å². The zero-order valence-corrected chi connectivity index (χ0v) is 12.5. The van der Waals surface area contributed by atoms with Crippen LogP contribution in [0.25, 0.3) is 0 Å². The van der Waals surface area contributed by atoms with E-state index in [-0.39, 0.29) is 5.97 Å². The fourth-order valence-electron chi connectivity index (χ4n) is 1.74. The molecule has 0 aliphatic heterocycles. The number of carbonyl (C=O) groups is 2. The van der Waals surface area contributed by atoms with Gasteiger partial charge in [0.05, 0.1) is 12.5 Å². The second-order valence-corrected chi connectivity index (χ2v) is 4.90. The van der Waals surface area contributed by atoms with Gasteiger partial charge in [-0.3, -0.25) is 9.59 Å². The van der Waals surface area contributed by atoms with Gasteiger partial charge in [-0.1, -0.05) is 0 Å². The van der Waals surface area contributed by atoms with E-state index in [2.05, 4.69) is 0 Å². The molecule has 0 rings (SSSR count). The van der Waals surface area contributed by atoms with E-state index < -0.39 is 23.8 Å². The predicted molar refractivity (Wildman–Crippen MR) is 68.4 cm³/mol. The lowest BCUT2D eigenvalue weighted by molar-refractivity contribution is -0.192. The van der Waals surface area contributed by atoms with Crippen LogP contribution in [0.2, 0.25) is 0 Å².